The second-order valence-corrected chi connectivity index (χ2v) is 9.35. The van der Waals surface area contributed by atoms with Crippen molar-refractivity contribution in [2.45, 2.75) is 38.1 Å². The molecule has 2 fully saturated rings. The van der Waals surface area contributed by atoms with Gasteiger partial charge in [0, 0.05) is 12.2 Å². The minimum absolute atomic E-state index is 0.00704. The van der Waals surface area contributed by atoms with Gasteiger partial charge in [-0.15, -0.1) is 0 Å². The summed E-state index contributed by atoms with van der Waals surface area (Å²) in [6.45, 7) is 2.76. The van der Waals surface area contributed by atoms with E-state index in [2.05, 4.69) is 16.1 Å². The SMILES string of the molecule is C[C@@]1(CCc2ccccc2)NC(=O)N(NC(=O)CN2CCC[C@@H](C(=O)Nc3ccccc3)C2)C1=O. The first-order valence-corrected chi connectivity index (χ1v) is 11.9. The molecule has 2 aliphatic heterocycles. The number of hydrogen-bond acceptors (Lipinski definition) is 5. The zero-order valence-electron chi connectivity index (χ0n) is 19.8. The zero-order valence-corrected chi connectivity index (χ0v) is 19.8. The number of carbonyl (C=O) groups is 4. The molecular weight excluding hydrogens is 446 g/mol. The molecule has 0 aliphatic carbocycles. The van der Waals surface area contributed by atoms with Gasteiger partial charge in [-0.05, 0) is 56.8 Å². The molecule has 0 bridgehead atoms. The summed E-state index contributed by atoms with van der Waals surface area (Å²) in [5.41, 5.74) is 3.16. The first kappa shape index (κ1) is 24.4. The molecular formula is C26H31N5O4. The summed E-state index contributed by atoms with van der Waals surface area (Å²) in [5.74, 6) is -1.27. The van der Waals surface area contributed by atoms with Crippen molar-refractivity contribution >= 4 is 29.4 Å². The number of likely N-dealkylation sites (tertiary alicyclic amines) is 1. The number of hydrogen-bond donors (Lipinski definition) is 3. The molecule has 3 N–H and O–H groups in total. The summed E-state index contributed by atoms with van der Waals surface area (Å²) in [5, 5.41) is 6.40. The van der Waals surface area contributed by atoms with Crippen LogP contribution in [0.25, 0.3) is 0 Å². The van der Waals surface area contributed by atoms with Crippen LogP contribution >= 0.6 is 0 Å². The van der Waals surface area contributed by atoms with Crippen LogP contribution in [0, 0.1) is 5.92 Å². The molecule has 2 heterocycles. The Morgan fingerprint density at radius 2 is 1.74 bits per heavy atom. The number of rotatable bonds is 8. The van der Waals surface area contributed by atoms with Gasteiger partial charge in [-0.3, -0.25) is 24.7 Å². The molecule has 35 heavy (non-hydrogen) atoms. The number of amides is 5. The summed E-state index contributed by atoms with van der Waals surface area (Å²) < 4.78 is 0. The van der Waals surface area contributed by atoms with Gasteiger partial charge in [0.25, 0.3) is 11.8 Å². The van der Waals surface area contributed by atoms with Crippen LogP contribution < -0.4 is 16.1 Å². The number of aryl methyl sites for hydroxylation is 1. The van der Waals surface area contributed by atoms with Crippen molar-refractivity contribution < 1.29 is 19.2 Å². The molecule has 4 rings (SSSR count). The van der Waals surface area contributed by atoms with E-state index in [1.807, 2.05) is 65.6 Å². The Morgan fingerprint density at radius 1 is 1.06 bits per heavy atom. The Kier molecular flexibility index (Phi) is 7.45. The molecule has 2 aromatic carbocycles. The van der Waals surface area contributed by atoms with Crippen molar-refractivity contribution in [3.05, 3.63) is 66.2 Å². The first-order chi connectivity index (χ1) is 16.8. The van der Waals surface area contributed by atoms with Gasteiger partial charge in [-0.1, -0.05) is 48.5 Å². The van der Waals surface area contributed by atoms with Gasteiger partial charge in [-0.2, -0.15) is 5.01 Å². The van der Waals surface area contributed by atoms with Crippen LogP contribution in [0.4, 0.5) is 10.5 Å². The molecule has 9 nitrogen and oxygen atoms in total. The monoisotopic (exact) mass is 477 g/mol. The van der Waals surface area contributed by atoms with E-state index >= 15 is 0 Å². The average molecular weight is 478 g/mol. The minimum atomic E-state index is -1.09. The summed E-state index contributed by atoms with van der Waals surface area (Å²) in [6.07, 6.45) is 2.55. The van der Waals surface area contributed by atoms with E-state index in [0.29, 0.717) is 25.9 Å². The van der Waals surface area contributed by atoms with Gasteiger partial charge >= 0.3 is 6.03 Å². The van der Waals surface area contributed by atoms with Crippen LogP contribution in [0.2, 0.25) is 0 Å². The second kappa shape index (κ2) is 10.7. The number of imide groups is 1. The second-order valence-electron chi connectivity index (χ2n) is 9.35. The third-order valence-electron chi connectivity index (χ3n) is 6.54. The number of nitrogens with one attached hydrogen (secondary N) is 3. The number of hydrazine groups is 1. The van der Waals surface area contributed by atoms with Gasteiger partial charge < -0.3 is 10.6 Å². The maximum Gasteiger partial charge on any atom is 0.344 e. The number of para-hydroxylation sites is 1. The maximum atomic E-state index is 13.0. The largest absolute Gasteiger partial charge is 0.344 e. The van der Waals surface area contributed by atoms with Gasteiger partial charge in [0.2, 0.25) is 5.91 Å². The number of nitrogens with zero attached hydrogens (tertiary/aromatic N) is 2. The van der Waals surface area contributed by atoms with Crippen LogP contribution in [-0.4, -0.2) is 58.8 Å². The van der Waals surface area contributed by atoms with Crippen LogP contribution in [0.3, 0.4) is 0 Å². The van der Waals surface area contributed by atoms with E-state index in [9.17, 15) is 19.2 Å². The first-order valence-electron chi connectivity index (χ1n) is 11.9. The fourth-order valence-corrected chi connectivity index (χ4v) is 4.54. The van der Waals surface area contributed by atoms with Crippen LogP contribution in [0.5, 0.6) is 0 Å². The van der Waals surface area contributed by atoms with E-state index in [-0.39, 0.29) is 18.4 Å². The predicted octanol–water partition coefficient (Wildman–Crippen LogP) is 2.31. The molecule has 0 saturated carbocycles. The molecule has 0 radical (unpaired) electrons. The lowest BCUT2D eigenvalue weighted by atomic mass is 9.93. The molecule has 2 atom stereocenters. The zero-order chi connectivity index (χ0) is 24.8. The number of piperidine rings is 1. The summed E-state index contributed by atoms with van der Waals surface area (Å²) in [7, 11) is 0. The molecule has 0 spiro atoms. The highest BCUT2D eigenvalue weighted by Crippen LogP contribution is 2.23. The molecule has 5 amide bonds. The Hall–Kier alpha value is -3.72. The van der Waals surface area contributed by atoms with Gasteiger partial charge in [0.05, 0.1) is 12.5 Å². The summed E-state index contributed by atoms with van der Waals surface area (Å²) in [4.78, 5) is 52.7. The van der Waals surface area contributed by atoms with Gasteiger partial charge in [0.1, 0.15) is 5.54 Å². The number of urea groups is 1. The highest BCUT2D eigenvalue weighted by molar-refractivity contribution is 6.07. The van der Waals surface area contributed by atoms with E-state index in [0.717, 1.165) is 29.1 Å². The molecule has 184 valence electrons. The quantitative estimate of drug-likeness (QED) is 0.506. The van der Waals surface area contributed by atoms with E-state index in [1.54, 1.807) is 6.92 Å². The van der Waals surface area contributed by atoms with Crippen molar-refractivity contribution in [3.8, 4) is 0 Å². The predicted molar refractivity (Wildman–Crippen MR) is 131 cm³/mol. The van der Waals surface area contributed by atoms with Gasteiger partial charge in [-0.25, -0.2) is 4.79 Å². The Labute approximate surface area is 204 Å². The highest BCUT2D eigenvalue weighted by Gasteiger charge is 2.48. The third-order valence-corrected chi connectivity index (χ3v) is 6.54. The number of carbonyl (C=O) groups excluding carboxylic acids is 4. The molecule has 2 saturated heterocycles. The van der Waals surface area contributed by atoms with Crippen molar-refractivity contribution in [2.24, 2.45) is 5.92 Å². The van der Waals surface area contributed by atoms with E-state index < -0.39 is 23.4 Å². The van der Waals surface area contributed by atoms with Crippen molar-refractivity contribution in [1.29, 1.82) is 0 Å². The molecule has 2 aromatic rings. The number of anilines is 1. The van der Waals surface area contributed by atoms with E-state index in [1.165, 1.54) is 0 Å². The smallest absolute Gasteiger partial charge is 0.326 e. The minimum Gasteiger partial charge on any atom is -0.326 e. The molecule has 0 unspecified atom stereocenters. The van der Waals surface area contributed by atoms with Crippen LogP contribution in [-0.2, 0) is 20.8 Å². The fourth-order valence-electron chi connectivity index (χ4n) is 4.54. The fraction of sp³-hybridized carbons (Fsp3) is 0.385. The average Bonchev–Trinajstić information content (AvgIpc) is 3.07. The van der Waals surface area contributed by atoms with Crippen molar-refractivity contribution in [1.82, 2.24) is 20.7 Å². The summed E-state index contributed by atoms with van der Waals surface area (Å²) in [6, 6.07) is 18.3. The number of benzene rings is 2. The van der Waals surface area contributed by atoms with Crippen molar-refractivity contribution in [3.63, 3.8) is 0 Å². The van der Waals surface area contributed by atoms with Crippen LogP contribution in [0.1, 0.15) is 31.7 Å². The van der Waals surface area contributed by atoms with Crippen LogP contribution in [0.15, 0.2) is 60.7 Å². The summed E-state index contributed by atoms with van der Waals surface area (Å²) >= 11 is 0. The molecule has 9 heteroatoms. The van der Waals surface area contributed by atoms with Gasteiger partial charge in [0.15, 0.2) is 0 Å². The maximum absolute atomic E-state index is 13.0. The molecule has 2 aliphatic rings. The molecule has 0 aromatic heterocycles. The third kappa shape index (κ3) is 6.05. The van der Waals surface area contributed by atoms with E-state index in [4.69, 9.17) is 0 Å². The Morgan fingerprint density at radius 3 is 2.46 bits per heavy atom. The van der Waals surface area contributed by atoms with Crippen molar-refractivity contribution in [2.75, 3.05) is 25.0 Å². The lowest BCUT2D eigenvalue weighted by Crippen LogP contribution is -2.52. The highest BCUT2D eigenvalue weighted by atomic mass is 16.2. The Bertz CT molecular complexity index is 1080. The lowest BCUT2D eigenvalue weighted by molar-refractivity contribution is -0.139. The Balaban J connectivity index is 1.28. The standard InChI is InChI=1S/C26H31N5O4/c1-26(15-14-19-9-4-2-5-10-19)24(34)31(25(35)28-26)29-22(32)18-30-16-8-11-20(17-30)23(33)27-21-12-6-3-7-13-21/h2-7,9-10,12-13,20H,8,11,14-18H2,1H3,(H,27,33)(H,28,35)(H,29,32)/t20-,26+/m1/s1. The lowest BCUT2D eigenvalue weighted by Gasteiger charge is -2.31. The normalized spacial score (nSPS) is 22.5. The topological polar surface area (TPSA) is 111 Å².